The molecule has 1 fully saturated rings. The average molecular weight is 234 g/mol. The van der Waals surface area contributed by atoms with E-state index in [4.69, 9.17) is 9.47 Å². The molecule has 0 saturated carbocycles. The van der Waals surface area contributed by atoms with E-state index in [0.29, 0.717) is 6.61 Å². The van der Waals surface area contributed by atoms with Gasteiger partial charge in [0.1, 0.15) is 0 Å². The molecule has 1 heterocycles. The van der Waals surface area contributed by atoms with Gasteiger partial charge in [0.05, 0.1) is 13.7 Å². The summed E-state index contributed by atoms with van der Waals surface area (Å²) in [6.45, 7) is 6.89. The molecule has 1 unspecified atom stereocenters. The number of rotatable bonds is 2. The highest BCUT2D eigenvalue weighted by Gasteiger charge is 2.55. The molecular formula is C14H18O3. The van der Waals surface area contributed by atoms with E-state index >= 15 is 0 Å². The molecule has 0 aliphatic carbocycles. The van der Waals surface area contributed by atoms with Gasteiger partial charge in [-0.1, -0.05) is 45.0 Å². The van der Waals surface area contributed by atoms with E-state index in [1.807, 2.05) is 24.3 Å². The SMILES string of the molecule is COC(=O)C1(c2ccc(C(C)(C)C)cc2)CO1. The van der Waals surface area contributed by atoms with Crippen LogP contribution in [-0.2, 0) is 25.3 Å². The molecular weight excluding hydrogens is 216 g/mol. The van der Waals surface area contributed by atoms with Gasteiger partial charge >= 0.3 is 5.97 Å². The molecule has 3 nitrogen and oxygen atoms in total. The monoisotopic (exact) mass is 234 g/mol. The van der Waals surface area contributed by atoms with E-state index in [0.717, 1.165) is 5.56 Å². The van der Waals surface area contributed by atoms with E-state index in [1.54, 1.807) is 0 Å². The normalized spacial score (nSPS) is 23.3. The van der Waals surface area contributed by atoms with Crippen LogP contribution >= 0.6 is 0 Å². The maximum absolute atomic E-state index is 11.6. The quantitative estimate of drug-likeness (QED) is 0.582. The van der Waals surface area contributed by atoms with Gasteiger partial charge in [0.15, 0.2) is 0 Å². The maximum atomic E-state index is 11.6. The van der Waals surface area contributed by atoms with E-state index in [-0.39, 0.29) is 11.4 Å². The highest BCUT2D eigenvalue weighted by molar-refractivity contribution is 5.84. The van der Waals surface area contributed by atoms with Crippen molar-refractivity contribution in [2.45, 2.75) is 31.8 Å². The minimum absolute atomic E-state index is 0.112. The largest absolute Gasteiger partial charge is 0.467 e. The molecule has 1 atom stereocenters. The summed E-state index contributed by atoms with van der Waals surface area (Å²) in [4.78, 5) is 11.6. The fourth-order valence-electron chi connectivity index (χ4n) is 1.88. The third-order valence-electron chi connectivity index (χ3n) is 3.17. The first-order valence-electron chi connectivity index (χ1n) is 5.73. The Morgan fingerprint density at radius 1 is 1.29 bits per heavy atom. The number of carbonyl (C=O) groups excluding carboxylic acids is 1. The number of esters is 1. The van der Waals surface area contributed by atoms with Gasteiger partial charge in [-0.2, -0.15) is 0 Å². The average Bonchev–Trinajstić information content (AvgIpc) is 3.08. The van der Waals surface area contributed by atoms with E-state index < -0.39 is 5.60 Å². The minimum Gasteiger partial charge on any atom is -0.467 e. The van der Waals surface area contributed by atoms with Crippen LogP contribution in [0.25, 0.3) is 0 Å². The second-order valence-corrected chi connectivity index (χ2v) is 5.43. The molecule has 2 rings (SSSR count). The lowest BCUT2D eigenvalue weighted by atomic mass is 9.85. The van der Waals surface area contributed by atoms with Crippen molar-refractivity contribution in [3.05, 3.63) is 35.4 Å². The van der Waals surface area contributed by atoms with Crippen molar-refractivity contribution >= 4 is 5.97 Å². The van der Waals surface area contributed by atoms with Crippen molar-refractivity contribution in [2.75, 3.05) is 13.7 Å². The lowest BCUT2D eigenvalue weighted by Crippen LogP contribution is -2.23. The second-order valence-electron chi connectivity index (χ2n) is 5.43. The van der Waals surface area contributed by atoms with Crippen LogP contribution in [0.1, 0.15) is 31.9 Å². The van der Waals surface area contributed by atoms with Crippen LogP contribution in [0.4, 0.5) is 0 Å². The number of ether oxygens (including phenoxy) is 2. The topological polar surface area (TPSA) is 38.8 Å². The zero-order valence-electron chi connectivity index (χ0n) is 10.7. The van der Waals surface area contributed by atoms with Crippen LogP contribution < -0.4 is 0 Å². The molecule has 1 aliphatic heterocycles. The van der Waals surface area contributed by atoms with Crippen LogP contribution in [0.15, 0.2) is 24.3 Å². The molecule has 1 aliphatic rings. The van der Waals surface area contributed by atoms with E-state index in [9.17, 15) is 4.79 Å². The number of hydrogen-bond acceptors (Lipinski definition) is 3. The van der Waals surface area contributed by atoms with Gasteiger partial charge in [-0.25, -0.2) is 4.79 Å². The third kappa shape index (κ3) is 2.07. The predicted octanol–water partition coefficient (Wildman–Crippen LogP) is 2.38. The highest BCUT2D eigenvalue weighted by atomic mass is 16.6. The van der Waals surface area contributed by atoms with Crippen molar-refractivity contribution < 1.29 is 14.3 Å². The maximum Gasteiger partial charge on any atom is 0.345 e. The predicted molar refractivity (Wildman–Crippen MR) is 64.8 cm³/mol. The molecule has 0 amide bonds. The first-order valence-corrected chi connectivity index (χ1v) is 5.73. The summed E-state index contributed by atoms with van der Waals surface area (Å²) in [7, 11) is 1.38. The molecule has 0 N–H and O–H groups in total. The lowest BCUT2D eigenvalue weighted by Gasteiger charge is -2.19. The standard InChI is InChI=1S/C14H18O3/c1-13(2,3)10-5-7-11(8-6-10)14(9-17-14)12(15)16-4/h5-8H,9H2,1-4H3. The number of benzene rings is 1. The molecule has 0 bridgehead atoms. The molecule has 0 radical (unpaired) electrons. The van der Waals surface area contributed by atoms with Crippen molar-refractivity contribution in [2.24, 2.45) is 0 Å². The summed E-state index contributed by atoms with van der Waals surface area (Å²) < 4.78 is 10.1. The Bertz CT molecular complexity index is 422. The Morgan fingerprint density at radius 3 is 2.18 bits per heavy atom. The first kappa shape index (κ1) is 12.1. The van der Waals surface area contributed by atoms with Gasteiger partial charge in [-0.05, 0) is 16.5 Å². The summed E-state index contributed by atoms with van der Waals surface area (Å²) in [6, 6.07) is 7.98. The molecule has 92 valence electrons. The Labute approximate surface area is 102 Å². The fraction of sp³-hybridized carbons (Fsp3) is 0.500. The summed E-state index contributed by atoms with van der Waals surface area (Å²) >= 11 is 0. The molecule has 1 aromatic rings. The minimum atomic E-state index is -0.842. The van der Waals surface area contributed by atoms with Gasteiger partial charge in [-0.3, -0.25) is 0 Å². The van der Waals surface area contributed by atoms with Gasteiger partial charge in [0, 0.05) is 0 Å². The van der Waals surface area contributed by atoms with Gasteiger partial charge < -0.3 is 9.47 Å². The number of hydrogen-bond donors (Lipinski definition) is 0. The van der Waals surface area contributed by atoms with Crippen LogP contribution in [0.2, 0.25) is 0 Å². The van der Waals surface area contributed by atoms with E-state index in [2.05, 4.69) is 20.8 Å². The molecule has 1 aromatic carbocycles. The molecule has 0 aromatic heterocycles. The Hall–Kier alpha value is -1.35. The highest BCUT2D eigenvalue weighted by Crippen LogP contribution is 2.40. The fourth-order valence-corrected chi connectivity index (χ4v) is 1.88. The molecule has 3 heteroatoms. The summed E-state index contributed by atoms with van der Waals surface area (Å²) in [6.07, 6.45) is 0. The molecule has 0 spiro atoms. The van der Waals surface area contributed by atoms with Crippen LogP contribution in [0.5, 0.6) is 0 Å². The lowest BCUT2D eigenvalue weighted by molar-refractivity contribution is -0.147. The van der Waals surface area contributed by atoms with Crippen LogP contribution in [0, 0.1) is 0 Å². The van der Waals surface area contributed by atoms with Crippen LogP contribution in [0.3, 0.4) is 0 Å². The summed E-state index contributed by atoms with van der Waals surface area (Å²) in [5, 5.41) is 0. The second kappa shape index (κ2) is 3.84. The zero-order valence-corrected chi connectivity index (χ0v) is 10.7. The molecule has 17 heavy (non-hydrogen) atoms. The first-order chi connectivity index (χ1) is 7.90. The van der Waals surface area contributed by atoms with Crippen molar-refractivity contribution in [1.29, 1.82) is 0 Å². The smallest absolute Gasteiger partial charge is 0.345 e. The summed E-state index contributed by atoms with van der Waals surface area (Å²) in [5.74, 6) is -0.319. The number of methoxy groups -OCH3 is 1. The molecule has 1 saturated heterocycles. The van der Waals surface area contributed by atoms with Crippen molar-refractivity contribution in [3.63, 3.8) is 0 Å². The van der Waals surface area contributed by atoms with Gasteiger partial charge in [-0.15, -0.1) is 0 Å². The Balaban J connectivity index is 2.28. The number of epoxide rings is 1. The zero-order chi connectivity index (χ0) is 12.7. The number of carbonyl (C=O) groups is 1. The Morgan fingerprint density at radius 2 is 1.82 bits per heavy atom. The van der Waals surface area contributed by atoms with Gasteiger partial charge in [0.25, 0.3) is 0 Å². The van der Waals surface area contributed by atoms with Crippen molar-refractivity contribution in [1.82, 2.24) is 0 Å². The Kier molecular flexibility index (Phi) is 2.74. The van der Waals surface area contributed by atoms with Gasteiger partial charge in [0.2, 0.25) is 5.60 Å². The van der Waals surface area contributed by atoms with Crippen LogP contribution in [-0.4, -0.2) is 19.7 Å². The third-order valence-corrected chi connectivity index (χ3v) is 3.17. The van der Waals surface area contributed by atoms with E-state index in [1.165, 1.54) is 12.7 Å². The summed E-state index contributed by atoms with van der Waals surface area (Å²) in [5.41, 5.74) is 1.38. The van der Waals surface area contributed by atoms with Crippen molar-refractivity contribution in [3.8, 4) is 0 Å².